The Hall–Kier alpha value is -0.110. The molecule has 0 amide bonds. The predicted octanol–water partition coefficient (Wildman–Crippen LogP) is 2.12. The summed E-state index contributed by atoms with van der Waals surface area (Å²) < 4.78 is 1.94. The van der Waals surface area contributed by atoms with Gasteiger partial charge in [0.15, 0.2) is 13.6 Å². The molecule has 0 aromatic heterocycles. The second-order valence-corrected chi connectivity index (χ2v) is 4.84. The lowest BCUT2D eigenvalue weighted by atomic mass is 9.86. The monoisotopic (exact) mass is 175 g/mol. The average molecular weight is 176 g/mol. The zero-order chi connectivity index (χ0) is 8.65. The van der Waals surface area contributed by atoms with E-state index in [9.17, 15) is 0 Å². The van der Waals surface area contributed by atoms with Crippen molar-refractivity contribution in [1.82, 2.24) is 0 Å². The van der Waals surface area contributed by atoms with E-state index in [1.54, 1.807) is 0 Å². The molecule has 0 spiro atoms. The molecule has 0 saturated heterocycles. The van der Waals surface area contributed by atoms with Gasteiger partial charge in [-0.25, -0.2) is 0 Å². The Kier molecular flexibility index (Phi) is 2.24. The zero-order valence-electron chi connectivity index (χ0n) is 7.63. The van der Waals surface area contributed by atoms with E-state index in [-0.39, 0.29) is 16.8 Å². The molecule has 2 atom stereocenters. The minimum absolute atomic E-state index is 0.181. The number of nitrogens with zero attached hydrogens (tertiary/aromatic N) is 2. The Morgan fingerprint density at radius 1 is 1.45 bits per heavy atom. The van der Waals surface area contributed by atoms with Crippen molar-refractivity contribution < 1.29 is 4.70 Å². The molecular formula is C8H16ClN2+. The molecule has 2 nitrogen and oxygen atoms in total. The van der Waals surface area contributed by atoms with Gasteiger partial charge in [0.25, 0.3) is 0 Å². The highest BCUT2D eigenvalue weighted by atomic mass is 35.5. The Labute approximate surface area is 73.2 Å². The van der Waals surface area contributed by atoms with Crippen LogP contribution in [0.3, 0.4) is 0 Å². The molecule has 3 heteroatoms. The van der Waals surface area contributed by atoms with Crippen LogP contribution in [0.4, 0.5) is 0 Å². The van der Waals surface area contributed by atoms with Crippen molar-refractivity contribution in [3.8, 4) is 0 Å². The van der Waals surface area contributed by atoms with Crippen molar-refractivity contribution in [2.45, 2.75) is 32.2 Å². The van der Waals surface area contributed by atoms with Crippen LogP contribution in [-0.4, -0.2) is 29.7 Å². The number of halogens is 1. The first-order valence-corrected chi connectivity index (χ1v) is 4.41. The van der Waals surface area contributed by atoms with Crippen LogP contribution in [0.15, 0.2) is 5.11 Å². The molecule has 2 unspecified atom stereocenters. The quantitative estimate of drug-likeness (QED) is 0.396. The van der Waals surface area contributed by atoms with Crippen LogP contribution in [0.1, 0.15) is 20.8 Å². The van der Waals surface area contributed by atoms with Gasteiger partial charge in [-0.1, -0.05) is 20.8 Å². The van der Waals surface area contributed by atoms with Crippen LogP contribution in [0, 0.1) is 5.41 Å². The fourth-order valence-corrected chi connectivity index (χ4v) is 2.03. The predicted molar refractivity (Wildman–Crippen MR) is 46.4 cm³/mol. The van der Waals surface area contributed by atoms with E-state index >= 15 is 0 Å². The molecule has 1 aliphatic rings. The molecule has 0 fully saturated rings. The summed E-state index contributed by atoms with van der Waals surface area (Å²) in [7, 11) is 1.97. The van der Waals surface area contributed by atoms with Gasteiger partial charge in [0.1, 0.15) is 11.4 Å². The number of azo groups is 2. The van der Waals surface area contributed by atoms with Gasteiger partial charge in [-0.05, 0) is 10.5 Å². The second-order valence-electron chi connectivity index (χ2n) is 4.28. The van der Waals surface area contributed by atoms with Crippen LogP contribution >= 0.6 is 11.6 Å². The highest BCUT2D eigenvalue weighted by molar-refractivity contribution is 6.21. The van der Waals surface area contributed by atoms with Crippen LogP contribution in [0.2, 0.25) is 0 Å². The third-order valence-electron chi connectivity index (χ3n) is 1.99. The van der Waals surface area contributed by atoms with E-state index in [0.717, 1.165) is 6.54 Å². The lowest BCUT2D eigenvalue weighted by Gasteiger charge is -2.22. The SMILES string of the molecule is C[N+]1=NC(C(C)(C)C)C(Cl)C1. The van der Waals surface area contributed by atoms with Gasteiger partial charge < -0.3 is 0 Å². The van der Waals surface area contributed by atoms with Gasteiger partial charge in [-0.15, -0.1) is 16.3 Å². The first kappa shape index (κ1) is 8.98. The molecule has 0 N–H and O–H groups in total. The fourth-order valence-electron chi connectivity index (χ4n) is 1.40. The molecule has 1 rings (SSSR count). The third-order valence-corrected chi connectivity index (χ3v) is 2.37. The lowest BCUT2D eigenvalue weighted by molar-refractivity contribution is -0.552. The lowest BCUT2D eigenvalue weighted by Crippen LogP contribution is -2.31. The second kappa shape index (κ2) is 2.74. The van der Waals surface area contributed by atoms with Crippen molar-refractivity contribution in [1.29, 1.82) is 0 Å². The Bertz CT molecular complexity index is 181. The number of hydrogen-bond donors (Lipinski definition) is 0. The van der Waals surface area contributed by atoms with Crippen molar-refractivity contribution >= 4 is 11.6 Å². The molecule has 0 bridgehead atoms. The molecule has 0 saturated carbocycles. The maximum absolute atomic E-state index is 6.12. The van der Waals surface area contributed by atoms with Gasteiger partial charge in [0.2, 0.25) is 0 Å². The Balaban J connectivity index is 2.74. The summed E-state index contributed by atoms with van der Waals surface area (Å²) in [4.78, 5) is 0. The Morgan fingerprint density at radius 2 is 2.00 bits per heavy atom. The molecule has 0 aromatic rings. The Morgan fingerprint density at radius 3 is 2.18 bits per heavy atom. The van der Waals surface area contributed by atoms with Crippen LogP contribution in [0.25, 0.3) is 0 Å². The van der Waals surface area contributed by atoms with Crippen molar-refractivity contribution in [3.05, 3.63) is 0 Å². The molecule has 11 heavy (non-hydrogen) atoms. The maximum Gasteiger partial charge on any atom is 0.186 e. The van der Waals surface area contributed by atoms with Gasteiger partial charge in [-0.2, -0.15) is 0 Å². The minimum atomic E-state index is 0.181. The summed E-state index contributed by atoms with van der Waals surface area (Å²) in [6.45, 7) is 7.41. The summed E-state index contributed by atoms with van der Waals surface area (Å²) in [6, 6.07) is 0.272. The van der Waals surface area contributed by atoms with E-state index < -0.39 is 0 Å². The van der Waals surface area contributed by atoms with E-state index in [2.05, 4.69) is 25.9 Å². The van der Waals surface area contributed by atoms with Gasteiger partial charge in [-0.3, -0.25) is 0 Å². The molecule has 0 aromatic carbocycles. The topological polar surface area (TPSA) is 15.4 Å². The van der Waals surface area contributed by atoms with Gasteiger partial charge in [0.05, 0.1) is 0 Å². The summed E-state index contributed by atoms with van der Waals surface area (Å²) in [6.07, 6.45) is 0. The summed E-state index contributed by atoms with van der Waals surface area (Å²) in [5.74, 6) is 0. The van der Waals surface area contributed by atoms with Crippen molar-refractivity contribution in [3.63, 3.8) is 0 Å². The minimum Gasteiger partial charge on any atom is -0.128 e. The highest BCUT2D eigenvalue weighted by Gasteiger charge is 2.40. The van der Waals surface area contributed by atoms with Crippen LogP contribution in [-0.2, 0) is 0 Å². The molecule has 64 valence electrons. The van der Waals surface area contributed by atoms with E-state index in [1.807, 2.05) is 11.7 Å². The molecule has 0 aliphatic carbocycles. The highest BCUT2D eigenvalue weighted by Crippen LogP contribution is 2.30. The van der Waals surface area contributed by atoms with Crippen LogP contribution < -0.4 is 0 Å². The molecule has 1 heterocycles. The first-order valence-electron chi connectivity index (χ1n) is 3.97. The number of alkyl halides is 1. The standard InChI is InChI=1S/C8H16ClN2/c1-8(2,3)7-6(9)5-11(4)10-7/h6-7H,5H2,1-4H3/q+1. The molecule has 0 radical (unpaired) electrons. The normalized spacial score (nSPS) is 32.3. The van der Waals surface area contributed by atoms with Crippen LogP contribution in [0.5, 0.6) is 0 Å². The zero-order valence-corrected chi connectivity index (χ0v) is 8.39. The smallest absolute Gasteiger partial charge is 0.128 e. The summed E-state index contributed by atoms with van der Waals surface area (Å²) in [5.41, 5.74) is 0.192. The van der Waals surface area contributed by atoms with Gasteiger partial charge in [0, 0.05) is 0 Å². The first-order chi connectivity index (χ1) is 4.91. The number of hydrogen-bond acceptors (Lipinski definition) is 1. The summed E-state index contributed by atoms with van der Waals surface area (Å²) in [5, 5.41) is 4.62. The fraction of sp³-hybridized carbons (Fsp3) is 1.00. The maximum atomic E-state index is 6.12. The van der Waals surface area contributed by atoms with E-state index in [4.69, 9.17) is 11.6 Å². The third kappa shape index (κ3) is 1.92. The van der Waals surface area contributed by atoms with E-state index in [1.165, 1.54) is 0 Å². The van der Waals surface area contributed by atoms with E-state index in [0.29, 0.717) is 0 Å². The number of rotatable bonds is 0. The summed E-state index contributed by atoms with van der Waals surface area (Å²) >= 11 is 6.12. The van der Waals surface area contributed by atoms with Gasteiger partial charge >= 0.3 is 0 Å². The molecule has 1 aliphatic heterocycles. The largest absolute Gasteiger partial charge is 0.186 e. The van der Waals surface area contributed by atoms with Crippen molar-refractivity contribution in [2.24, 2.45) is 10.5 Å². The molecular weight excluding hydrogens is 160 g/mol. The van der Waals surface area contributed by atoms with Crippen molar-refractivity contribution in [2.75, 3.05) is 13.6 Å². The average Bonchev–Trinajstić information content (AvgIpc) is 2.08.